The Balaban J connectivity index is 1.78. The summed E-state index contributed by atoms with van der Waals surface area (Å²) in [5, 5.41) is 6.79. The number of para-hydroxylation sites is 1. The van der Waals surface area contributed by atoms with Crippen LogP contribution in [0.2, 0.25) is 0 Å². The van der Waals surface area contributed by atoms with Gasteiger partial charge in [0, 0.05) is 38.1 Å². The Hall–Kier alpha value is -2.23. The second kappa shape index (κ2) is 4.80. The fourth-order valence-corrected chi connectivity index (χ4v) is 2.45. The monoisotopic (exact) mass is 255 g/mol. The van der Waals surface area contributed by atoms with Gasteiger partial charge in [0.25, 0.3) is 0 Å². The standard InChI is InChI=1S/C15H17N3O/c1-18-10-13(5-6-14(18)19)17-9-12-4-2-3-11-7-8-16-15(11)12/h2-6,10,16-17H,7-9H2,1H3. The van der Waals surface area contributed by atoms with Crippen molar-refractivity contribution in [3.05, 3.63) is 58.0 Å². The van der Waals surface area contributed by atoms with Crippen molar-refractivity contribution in [2.75, 3.05) is 17.2 Å². The molecular weight excluding hydrogens is 238 g/mol. The van der Waals surface area contributed by atoms with Gasteiger partial charge in [0.15, 0.2) is 0 Å². The molecule has 1 aromatic heterocycles. The maximum atomic E-state index is 11.3. The lowest BCUT2D eigenvalue weighted by Gasteiger charge is -2.11. The molecule has 0 spiro atoms. The van der Waals surface area contributed by atoms with Crippen molar-refractivity contribution in [1.29, 1.82) is 0 Å². The molecule has 4 heteroatoms. The Morgan fingerprint density at radius 1 is 1.32 bits per heavy atom. The largest absolute Gasteiger partial charge is 0.384 e. The predicted octanol–water partition coefficient (Wildman–Crippen LogP) is 1.97. The van der Waals surface area contributed by atoms with Crippen LogP contribution in [0.4, 0.5) is 11.4 Å². The van der Waals surface area contributed by atoms with Crippen LogP contribution in [0.5, 0.6) is 0 Å². The van der Waals surface area contributed by atoms with Crippen LogP contribution in [0.25, 0.3) is 0 Å². The van der Waals surface area contributed by atoms with Gasteiger partial charge in [0.2, 0.25) is 5.56 Å². The van der Waals surface area contributed by atoms with E-state index in [1.54, 1.807) is 17.7 Å². The van der Waals surface area contributed by atoms with Crippen molar-refractivity contribution in [1.82, 2.24) is 4.57 Å². The normalized spacial score (nSPS) is 12.9. The van der Waals surface area contributed by atoms with E-state index in [0.717, 1.165) is 25.2 Å². The minimum Gasteiger partial charge on any atom is -0.384 e. The van der Waals surface area contributed by atoms with Crippen LogP contribution in [-0.2, 0) is 20.0 Å². The van der Waals surface area contributed by atoms with E-state index in [-0.39, 0.29) is 5.56 Å². The molecule has 3 rings (SSSR count). The number of nitrogens with zero attached hydrogens (tertiary/aromatic N) is 1. The molecule has 0 saturated heterocycles. The topological polar surface area (TPSA) is 46.1 Å². The van der Waals surface area contributed by atoms with Gasteiger partial charge in [0.05, 0.1) is 5.69 Å². The van der Waals surface area contributed by atoms with Crippen molar-refractivity contribution in [2.45, 2.75) is 13.0 Å². The van der Waals surface area contributed by atoms with Crippen molar-refractivity contribution in [3.8, 4) is 0 Å². The quantitative estimate of drug-likeness (QED) is 0.881. The molecule has 0 unspecified atom stereocenters. The first-order valence-electron chi connectivity index (χ1n) is 6.49. The van der Waals surface area contributed by atoms with Gasteiger partial charge in [0.1, 0.15) is 0 Å². The SMILES string of the molecule is Cn1cc(NCc2cccc3c2NCC3)ccc1=O. The third kappa shape index (κ3) is 2.34. The number of hydrogen-bond donors (Lipinski definition) is 2. The summed E-state index contributed by atoms with van der Waals surface area (Å²) in [5.74, 6) is 0. The fraction of sp³-hybridized carbons (Fsp3) is 0.267. The van der Waals surface area contributed by atoms with Gasteiger partial charge in [-0.25, -0.2) is 0 Å². The summed E-state index contributed by atoms with van der Waals surface area (Å²) in [5.41, 5.74) is 4.88. The van der Waals surface area contributed by atoms with E-state index in [0.29, 0.717) is 0 Å². The summed E-state index contributed by atoms with van der Waals surface area (Å²) in [6.07, 6.45) is 2.92. The lowest BCUT2D eigenvalue weighted by molar-refractivity contribution is 0.859. The third-order valence-electron chi connectivity index (χ3n) is 3.50. The van der Waals surface area contributed by atoms with E-state index in [9.17, 15) is 4.79 Å². The van der Waals surface area contributed by atoms with E-state index in [1.807, 2.05) is 12.3 Å². The van der Waals surface area contributed by atoms with Crippen molar-refractivity contribution >= 4 is 11.4 Å². The average molecular weight is 255 g/mol. The van der Waals surface area contributed by atoms with Crippen LogP contribution in [0.1, 0.15) is 11.1 Å². The van der Waals surface area contributed by atoms with Crippen molar-refractivity contribution < 1.29 is 0 Å². The summed E-state index contributed by atoms with van der Waals surface area (Å²) < 4.78 is 1.58. The van der Waals surface area contributed by atoms with Crippen molar-refractivity contribution in [2.24, 2.45) is 7.05 Å². The highest BCUT2D eigenvalue weighted by Gasteiger charge is 2.13. The molecule has 2 aromatic rings. The maximum absolute atomic E-state index is 11.3. The number of fused-ring (bicyclic) bond motifs is 1. The smallest absolute Gasteiger partial charge is 0.250 e. The predicted molar refractivity (Wildman–Crippen MR) is 77.6 cm³/mol. The van der Waals surface area contributed by atoms with Gasteiger partial charge in [-0.3, -0.25) is 4.79 Å². The first-order chi connectivity index (χ1) is 9.24. The first-order valence-corrected chi connectivity index (χ1v) is 6.49. The Kier molecular flexibility index (Phi) is 2.99. The van der Waals surface area contributed by atoms with Crippen LogP contribution in [0.15, 0.2) is 41.3 Å². The van der Waals surface area contributed by atoms with Crippen LogP contribution >= 0.6 is 0 Å². The van der Waals surface area contributed by atoms with E-state index < -0.39 is 0 Å². The van der Waals surface area contributed by atoms with E-state index in [2.05, 4.69) is 28.8 Å². The minimum atomic E-state index is 0.00724. The maximum Gasteiger partial charge on any atom is 0.250 e. The highest BCUT2D eigenvalue weighted by molar-refractivity contribution is 5.62. The molecule has 4 nitrogen and oxygen atoms in total. The summed E-state index contributed by atoms with van der Waals surface area (Å²) in [6, 6.07) is 9.80. The molecule has 2 heterocycles. The van der Waals surface area contributed by atoms with Gasteiger partial charge in [-0.05, 0) is 23.6 Å². The zero-order valence-corrected chi connectivity index (χ0v) is 10.9. The second-order valence-electron chi connectivity index (χ2n) is 4.85. The molecule has 1 aliphatic rings. The Morgan fingerprint density at radius 2 is 2.21 bits per heavy atom. The van der Waals surface area contributed by atoms with Crippen molar-refractivity contribution in [3.63, 3.8) is 0 Å². The van der Waals surface area contributed by atoms with Gasteiger partial charge in [-0.15, -0.1) is 0 Å². The molecule has 0 aliphatic carbocycles. The van der Waals surface area contributed by atoms with Gasteiger partial charge >= 0.3 is 0 Å². The number of hydrogen-bond acceptors (Lipinski definition) is 3. The minimum absolute atomic E-state index is 0.00724. The number of pyridine rings is 1. The zero-order chi connectivity index (χ0) is 13.2. The Morgan fingerprint density at radius 3 is 3.05 bits per heavy atom. The number of aromatic nitrogens is 1. The van der Waals surface area contributed by atoms with Gasteiger partial charge in [-0.1, -0.05) is 18.2 Å². The van der Waals surface area contributed by atoms with Crippen LogP contribution in [-0.4, -0.2) is 11.1 Å². The van der Waals surface area contributed by atoms with E-state index in [4.69, 9.17) is 0 Å². The molecule has 2 N–H and O–H groups in total. The van der Waals surface area contributed by atoms with Crippen LogP contribution in [0.3, 0.4) is 0 Å². The second-order valence-corrected chi connectivity index (χ2v) is 4.85. The number of anilines is 2. The van der Waals surface area contributed by atoms with E-state index in [1.165, 1.54) is 16.8 Å². The zero-order valence-electron chi connectivity index (χ0n) is 10.9. The molecule has 98 valence electrons. The molecule has 1 aromatic carbocycles. The lowest BCUT2D eigenvalue weighted by Crippen LogP contribution is -2.15. The molecule has 1 aliphatic heterocycles. The summed E-state index contributed by atoms with van der Waals surface area (Å²) in [6.45, 7) is 1.78. The van der Waals surface area contributed by atoms with Crippen LogP contribution < -0.4 is 16.2 Å². The highest BCUT2D eigenvalue weighted by Crippen LogP contribution is 2.26. The molecular formula is C15H17N3O. The molecule has 0 amide bonds. The molecule has 0 saturated carbocycles. The molecule has 0 radical (unpaired) electrons. The third-order valence-corrected chi connectivity index (χ3v) is 3.50. The number of benzene rings is 1. The lowest BCUT2D eigenvalue weighted by atomic mass is 10.1. The average Bonchev–Trinajstić information content (AvgIpc) is 2.89. The summed E-state index contributed by atoms with van der Waals surface area (Å²) in [7, 11) is 1.76. The highest BCUT2D eigenvalue weighted by atomic mass is 16.1. The number of rotatable bonds is 3. The Labute approximate surface area is 112 Å². The number of nitrogens with one attached hydrogen (secondary N) is 2. The molecule has 0 bridgehead atoms. The first kappa shape index (κ1) is 11.8. The van der Waals surface area contributed by atoms with Gasteiger partial charge < -0.3 is 15.2 Å². The Bertz CT molecular complexity index is 661. The molecule has 0 fully saturated rings. The number of aryl methyl sites for hydroxylation is 1. The molecule has 19 heavy (non-hydrogen) atoms. The molecule has 0 atom stereocenters. The summed E-state index contributed by atoms with van der Waals surface area (Å²) in [4.78, 5) is 11.3. The van der Waals surface area contributed by atoms with Crippen LogP contribution in [0, 0.1) is 0 Å². The van der Waals surface area contributed by atoms with E-state index >= 15 is 0 Å². The fourth-order valence-electron chi connectivity index (χ4n) is 2.45. The summed E-state index contributed by atoms with van der Waals surface area (Å²) >= 11 is 0. The van der Waals surface area contributed by atoms with Gasteiger partial charge in [-0.2, -0.15) is 0 Å².